The molecule has 2 heterocycles. The van der Waals surface area contributed by atoms with Crippen LogP contribution >= 0.6 is 0 Å². The first-order valence-corrected chi connectivity index (χ1v) is 5.59. The summed E-state index contributed by atoms with van der Waals surface area (Å²) in [6.45, 7) is 3.60. The molecule has 1 aliphatic rings. The van der Waals surface area contributed by atoms with E-state index in [1.54, 1.807) is 6.07 Å². The van der Waals surface area contributed by atoms with Crippen LogP contribution in [0, 0.1) is 18.3 Å². The van der Waals surface area contributed by atoms with E-state index in [1.807, 2.05) is 17.9 Å². The summed E-state index contributed by atoms with van der Waals surface area (Å²) < 4.78 is 5.32. The minimum Gasteiger partial charge on any atom is -0.394 e. The molecule has 0 radical (unpaired) electrons. The van der Waals surface area contributed by atoms with Crippen LogP contribution < -0.4 is 4.90 Å². The number of nitrogens with zero attached hydrogens (tertiary/aromatic N) is 3. The highest BCUT2D eigenvalue weighted by atomic mass is 16.5. The Labute approximate surface area is 100 Å². The van der Waals surface area contributed by atoms with Gasteiger partial charge >= 0.3 is 0 Å². The zero-order valence-corrected chi connectivity index (χ0v) is 9.76. The molecule has 1 aliphatic heterocycles. The quantitative estimate of drug-likeness (QED) is 0.803. The number of pyridine rings is 1. The van der Waals surface area contributed by atoms with Crippen molar-refractivity contribution in [2.45, 2.75) is 13.0 Å². The van der Waals surface area contributed by atoms with Crippen molar-refractivity contribution >= 4 is 5.82 Å². The van der Waals surface area contributed by atoms with E-state index in [1.165, 1.54) is 0 Å². The predicted octanol–water partition coefficient (Wildman–Crippen LogP) is 0.459. The lowest BCUT2D eigenvalue weighted by Crippen LogP contribution is -2.48. The molecule has 5 nitrogen and oxygen atoms in total. The van der Waals surface area contributed by atoms with Crippen LogP contribution in [-0.4, -0.2) is 42.5 Å². The van der Waals surface area contributed by atoms with Gasteiger partial charge in [-0.25, -0.2) is 4.98 Å². The fraction of sp³-hybridized carbons (Fsp3) is 0.500. The van der Waals surface area contributed by atoms with Crippen LogP contribution in [0.4, 0.5) is 5.82 Å². The lowest BCUT2D eigenvalue weighted by atomic mass is 10.2. The summed E-state index contributed by atoms with van der Waals surface area (Å²) in [5, 5.41) is 18.4. The van der Waals surface area contributed by atoms with E-state index in [4.69, 9.17) is 10.00 Å². The van der Waals surface area contributed by atoms with E-state index in [9.17, 15) is 5.11 Å². The number of aliphatic hydroxyl groups excluding tert-OH is 1. The summed E-state index contributed by atoms with van der Waals surface area (Å²) in [7, 11) is 0. The molecule has 1 aromatic heterocycles. The third kappa shape index (κ3) is 2.38. The highest BCUT2D eigenvalue weighted by Gasteiger charge is 2.25. The zero-order chi connectivity index (χ0) is 12.3. The standard InChI is InChI=1S/C12H15N3O2/c1-9-2-3-10(6-13)12(14-9)15-4-5-17-8-11(15)7-16/h2-3,11,16H,4-5,7-8H2,1H3. The average molecular weight is 233 g/mol. The van der Waals surface area contributed by atoms with Crippen molar-refractivity contribution < 1.29 is 9.84 Å². The van der Waals surface area contributed by atoms with Gasteiger partial charge in [0.25, 0.3) is 0 Å². The van der Waals surface area contributed by atoms with Crippen LogP contribution in [-0.2, 0) is 4.74 Å². The molecule has 0 aliphatic carbocycles. The van der Waals surface area contributed by atoms with E-state index < -0.39 is 0 Å². The first-order chi connectivity index (χ1) is 8.26. The number of aliphatic hydroxyl groups is 1. The molecule has 0 spiro atoms. The Morgan fingerprint density at radius 3 is 3.18 bits per heavy atom. The highest BCUT2D eigenvalue weighted by molar-refractivity contribution is 5.55. The number of morpholine rings is 1. The highest BCUT2D eigenvalue weighted by Crippen LogP contribution is 2.21. The predicted molar refractivity (Wildman–Crippen MR) is 62.7 cm³/mol. The number of hydrogen-bond acceptors (Lipinski definition) is 5. The molecular formula is C12H15N3O2. The minimum atomic E-state index is -0.120. The number of aromatic nitrogens is 1. The van der Waals surface area contributed by atoms with E-state index in [-0.39, 0.29) is 12.6 Å². The van der Waals surface area contributed by atoms with Gasteiger partial charge in [-0.1, -0.05) is 0 Å². The van der Waals surface area contributed by atoms with Crippen molar-refractivity contribution in [2.24, 2.45) is 0 Å². The van der Waals surface area contributed by atoms with E-state index in [0.717, 1.165) is 5.69 Å². The fourth-order valence-electron chi connectivity index (χ4n) is 1.93. The molecule has 0 bridgehead atoms. The third-order valence-corrected chi connectivity index (χ3v) is 2.85. The zero-order valence-electron chi connectivity index (χ0n) is 9.76. The molecule has 1 atom stereocenters. The fourth-order valence-corrected chi connectivity index (χ4v) is 1.93. The van der Waals surface area contributed by atoms with E-state index >= 15 is 0 Å². The van der Waals surface area contributed by atoms with Crippen LogP contribution in [0.2, 0.25) is 0 Å². The van der Waals surface area contributed by atoms with Gasteiger partial charge in [-0.05, 0) is 19.1 Å². The van der Waals surface area contributed by atoms with Crippen LogP contribution in [0.1, 0.15) is 11.3 Å². The maximum atomic E-state index is 9.32. The topological polar surface area (TPSA) is 69.4 Å². The summed E-state index contributed by atoms with van der Waals surface area (Å²) >= 11 is 0. The van der Waals surface area contributed by atoms with Gasteiger partial charge in [-0.3, -0.25) is 0 Å². The first kappa shape index (κ1) is 11.8. The van der Waals surface area contributed by atoms with E-state index in [2.05, 4.69) is 11.1 Å². The molecule has 1 fully saturated rings. The molecule has 0 aromatic carbocycles. The molecule has 5 heteroatoms. The second kappa shape index (κ2) is 5.13. The SMILES string of the molecule is Cc1ccc(C#N)c(N2CCOCC2CO)n1. The second-order valence-corrected chi connectivity index (χ2v) is 4.04. The molecule has 0 amide bonds. The summed E-state index contributed by atoms with van der Waals surface area (Å²) in [5.41, 5.74) is 1.40. The Morgan fingerprint density at radius 2 is 2.47 bits per heavy atom. The second-order valence-electron chi connectivity index (χ2n) is 4.04. The van der Waals surface area contributed by atoms with Crippen molar-refractivity contribution in [1.82, 2.24) is 4.98 Å². The number of anilines is 1. The third-order valence-electron chi connectivity index (χ3n) is 2.85. The maximum Gasteiger partial charge on any atom is 0.147 e. The number of aryl methyl sites for hydroxylation is 1. The van der Waals surface area contributed by atoms with Gasteiger partial charge in [-0.2, -0.15) is 5.26 Å². The maximum absolute atomic E-state index is 9.32. The number of rotatable bonds is 2. The normalized spacial score (nSPS) is 20.1. The molecule has 90 valence electrons. The Kier molecular flexibility index (Phi) is 3.57. The molecule has 17 heavy (non-hydrogen) atoms. The van der Waals surface area contributed by atoms with Gasteiger partial charge in [0.15, 0.2) is 0 Å². The van der Waals surface area contributed by atoms with Gasteiger partial charge in [0.1, 0.15) is 11.9 Å². The van der Waals surface area contributed by atoms with Gasteiger partial charge in [0.2, 0.25) is 0 Å². The summed E-state index contributed by atoms with van der Waals surface area (Å²) in [6, 6.07) is 5.60. The molecule has 1 saturated heterocycles. The van der Waals surface area contributed by atoms with Gasteiger partial charge < -0.3 is 14.7 Å². The van der Waals surface area contributed by atoms with E-state index in [0.29, 0.717) is 31.1 Å². The van der Waals surface area contributed by atoms with Crippen molar-refractivity contribution in [3.63, 3.8) is 0 Å². The molecule has 0 saturated carbocycles. The van der Waals surface area contributed by atoms with Crippen molar-refractivity contribution in [2.75, 3.05) is 31.3 Å². The first-order valence-electron chi connectivity index (χ1n) is 5.59. The summed E-state index contributed by atoms with van der Waals surface area (Å²) in [4.78, 5) is 6.36. The van der Waals surface area contributed by atoms with Crippen LogP contribution in [0.25, 0.3) is 0 Å². The molecular weight excluding hydrogens is 218 g/mol. The number of nitriles is 1. The minimum absolute atomic E-state index is 0.000487. The average Bonchev–Trinajstić information content (AvgIpc) is 2.38. The Morgan fingerprint density at radius 1 is 1.65 bits per heavy atom. The summed E-state index contributed by atoms with van der Waals surface area (Å²) in [5.74, 6) is 0.648. The van der Waals surface area contributed by atoms with Crippen LogP contribution in [0.15, 0.2) is 12.1 Å². The van der Waals surface area contributed by atoms with Crippen LogP contribution in [0.5, 0.6) is 0 Å². The van der Waals surface area contributed by atoms with Crippen LogP contribution in [0.3, 0.4) is 0 Å². The Balaban J connectivity index is 2.37. The summed E-state index contributed by atoms with van der Waals surface area (Å²) in [6.07, 6.45) is 0. The smallest absolute Gasteiger partial charge is 0.147 e. The molecule has 1 unspecified atom stereocenters. The van der Waals surface area contributed by atoms with Crippen molar-refractivity contribution in [3.8, 4) is 6.07 Å². The molecule has 1 aromatic rings. The van der Waals surface area contributed by atoms with Crippen molar-refractivity contribution in [1.29, 1.82) is 5.26 Å². The largest absolute Gasteiger partial charge is 0.394 e. The lowest BCUT2D eigenvalue weighted by Gasteiger charge is -2.35. The van der Waals surface area contributed by atoms with Gasteiger partial charge in [0, 0.05) is 12.2 Å². The van der Waals surface area contributed by atoms with Gasteiger partial charge in [-0.15, -0.1) is 0 Å². The lowest BCUT2D eigenvalue weighted by molar-refractivity contribution is 0.0722. The van der Waals surface area contributed by atoms with Gasteiger partial charge in [0.05, 0.1) is 31.4 Å². The monoisotopic (exact) mass is 233 g/mol. The Bertz CT molecular complexity index is 442. The molecule has 1 N–H and O–H groups in total. The molecule has 2 rings (SSSR count). The Hall–Kier alpha value is -1.64. The van der Waals surface area contributed by atoms with Crippen molar-refractivity contribution in [3.05, 3.63) is 23.4 Å². The number of hydrogen-bond donors (Lipinski definition) is 1. The number of ether oxygens (including phenoxy) is 1.